The molecule has 0 saturated heterocycles. The van der Waals surface area contributed by atoms with Crippen LogP contribution in [0.1, 0.15) is 35.5 Å². The summed E-state index contributed by atoms with van der Waals surface area (Å²) in [6.07, 6.45) is 0.561. The average Bonchev–Trinajstić information content (AvgIpc) is 2.72. The summed E-state index contributed by atoms with van der Waals surface area (Å²) in [6.45, 7) is 6.59. The summed E-state index contributed by atoms with van der Waals surface area (Å²) < 4.78 is 17.0. The fourth-order valence-corrected chi connectivity index (χ4v) is 2.88. The molecule has 3 N–H and O–H groups in total. The Balaban J connectivity index is 2.35. The van der Waals surface area contributed by atoms with Gasteiger partial charge in [0.05, 0.1) is 21.9 Å². The number of hydrazine groups is 1. The minimum Gasteiger partial charge on any atom is -0.271 e. The van der Waals surface area contributed by atoms with Gasteiger partial charge >= 0.3 is 0 Å². The highest BCUT2D eigenvalue weighted by Crippen LogP contribution is 2.27. The van der Waals surface area contributed by atoms with E-state index in [0.717, 1.165) is 28.0 Å². The third-order valence-electron chi connectivity index (χ3n) is 3.58. The fourth-order valence-electron chi connectivity index (χ4n) is 2.43. The van der Waals surface area contributed by atoms with Crippen LogP contribution in [0.3, 0.4) is 0 Å². The van der Waals surface area contributed by atoms with E-state index in [2.05, 4.69) is 26.5 Å². The molecule has 1 unspecified atom stereocenters. The molecule has 1 aromatic carbocycles. The molecule has 21 heavy (non-hydrogen) atoms. The van der Waals surface area contributed by atoms with Gasteiger partial charge in [-0.05, 0) is 48.3 Å². The van der Waals surface area contributed by atoms with Crippen molar-refractivity contribution in [2.24, 2.45) is 5.84 Å². The van der Waals surface area contributed by atoms with E-state index in [1.54, 1.807) is 6.07 Å². The predicted octanol–water partition coefficient (Wildman–Crippen LogP) is 3.17. The first-order valence-corrected chi connectivity index (χ1v) is 7.71. The topological polar surface area (TPSA) is 55.9 Å². The predicted molar refractivity (Wildman–Crippen MR) is 85.2 cm³/mol. The fraction of sp³-hybridized carbons (Fsp3) is 0.400. The zero-order valence-electron chi connectivity index (χ0n) is 12.5. The largest absolute Gasteiger partial charge is 0.271 e. The molecule has 0 fully saturated rings. The van der Waals surface area contributed by atoms with Gasteiger partial charge in [-0.15, -0.1) is 0 Å². The van der Waals surface area contributed by atoms with E-state index in [9.17, 15) is 4.39 Å². The molecule has 1 aromatic heterocycles. The summed E-state index contributed by atoms with van der Waals surface area (Å²) in [7, 11) is 0. The second kappa shape index (κ2) is 6.68. The molecule has 114 valence electrons. The van der Waals surface area contributed by atoms with Gasteiger partial charge in [0.25, 0.3) is 0 Å². The summed E-state index contributed by atoms with van der Waals surface area (Å²) in [5.74, 6) is 5.40. The van der Waals surface area contributed by atoms with Gasteiger partial charge < -0.3 is 0 Å². The van der Waals surface area contributed by atoms with E-state index >= 15 is 0 Å². The SMILES string of the molecule is CCn1nc(C)c(Br)c1CC(NN)c1ccc(C)cc1F. The number of hydrogen-bond acceptors (Lipinski definition) is 3. The Bertz CT molecular complexity index is 639. The van der Waals surface area contributed by atoms with Crippen molar-refractivity contribution in [2.45, 2.75) is 39.8 Å². The van der Waals surface area contributed by atoms with Gasteiger partial charge in [0.2, 0.25) is 0 Å². The number of aromatic nitrogens is 2. The van der Waals surface area contributed by atoms with E-state index in [0.29, 0.717) is 12.0 Å². The van der Waals surface area contributed by atoms with Crippen LogP contribution in [0.4, 0.5) is 4.39 Å². The molecule has 0 aliphatic heterocycles. The lowest BCUT2D eigenvalue weighted by Crippen LogP contribution is -2.31. The van der Waals surface area contributed by atoms with Gasteiger partial charge in [0.1, 0.15) is 5.82 Å². The van der Waals surface area contributed by atoms with Crippen molar-refractivity contribution in [2.75, 3.05) is 0 Å². The molecule has 2 aromatic rings. The maximum absolute atomic E-state index is 14.1. The Morgan fingerprint density at radius 1 is 1.43 bits per heavy atom. The van der Waals surface area contributed by atoms with Crippen molar-refractivity contribution < 1.29 is 4.39 Å². The smallest absolute Gasteiger partial charge is 0.128 e. The Labute approximate surface area is 132 Å². The lowest BCUT2D eigenvalue weighted by molar-refractivity contribution is 0.489. The lowest BCUT2D eigenvalue weighted by atomic mass is 10.0. The van der Waals surface area contributed by atoms with Crippen molar-refractivity contribution in [3.63, 3.8) is 0 Å². The number of hydrogen-bond donors (Lipinski definition) is 2. The average molecular weight is 355 g/mol. The van der Waals surface area contributed by atoms with Crippen LogP contribution < -0.4 is 11.3 Å². The first-order chi connectivity index (χ1) is 9.97. The number of rotatable bonds is 5. The summed E-state index contributed by atoms with van der Waals surface area (Å²) in [6, 6.07) is 4.89. The van der Waals surface area contributed by atoms with E-state index < -0.39 is 0 Å². The van der Waals surface area contributed by atoms with Crippen molar-refractivity contribution >= 4 is 15.9 Å². The highest BCUT2D eigenvalue weighted by atomic mass is 79.9. The summed E-state index contributed by atoms with van der Waals surface area (Å²) in [4.78, 5) is 0. The lowest BCUT2D eigenvalue weighted by Gasteiger charge is -2.18. The number of aryl methyl sites for hydroxylation is 3. The second-order valence-corrected chi connectivity index (χ2v) is 5.90. The van der Waals surface area contributed by atoms with E-state index in [-0.39, 0.29) is 11.9 Å². The normalized spacial score (nSPS) is 12.7. The molecule has 0 aliphatic carbocycles. The molecular formula is C15H20BrFN4. The summed E-state index contributed by atoms with van der Waals surface area (Å²) in [5.41, 5.74) is 6.11. The van der Waals surface area contributed by atoms with Crippen molar-refractivity contribution in [1.82, 2.24) is 15.2 Å². The van der Waals surface area contributed by atoms with Crippen molar-refractivity contribution in [1.29, 1.82) is 0 Å². The third kappa shape index (κ3) is 3.33. The maximum atomic E-state index is 14.1. The summed E-state index contributed by atoms with van der Waals surface area (Å²) >= 11 is 3.56. The van der Waals surface area contributed by atoms with Crippen LogP contribution in [0, 0.1) is 19.7 Å². The van der Waals surface area contributed by atoms with Gasteiger partial charge in [-0.25, -0.2) is 4.39 Å². The van der Waals surface area contributed by atoms with Crippen molar-refractivity contribution in [3.8, 4) is 0 Å². The Hall–Kier alpha value is -1.24. The van der Waals surface area contributed by atoms with Gasteiger partial charge in [0.15, 0.2) is 0 Å². The van der Waals surface area contributed by atoms with Gasteiger partial charge in [-0.2, -0.15) is 5.10 Å². The van der Waals surface area contributed by atoms with Crippen LogP contribution in [-0.2, 0) is 13.0 Å². The van der Waals surface area contributed by atoms with Gasteiger partial charge in [0, 0.05) is 18.5 Å². The Morgan fingerprint density at radius 2 is 2.14 bits per heavy atom. The second-order valence-electron chi connectivity index (χ2n) is 5.11. The highest BCUT2D eigenvalue weighted by Gasteiger charge is 2.20. The summed E-state index contributed by atoms with van der Waals surface area (Å²) in [5, 5.41) is 4.45. The first kappa shape index (κ1) is 16.1. The molecule has 0 saturated carbocycles. The number of benzene rings is 1. The van der Waals surface area contributed by atoms with Gasteiger partial charge in [-0.1, -0.05) is 12.1 Å². The molecule has 0 aliphatic rings. The third-order valence-corrected chi connectivity index (χ3v) is 4.61. The minimum atomic E-state index is -0.303. The standard InChI is InChI=1S/C15H20BrFN4/c1-4-21-14(15(16)10(3)20-21)8-13(19-18)11-6-5-9(2)7-12(11)17/h5-7,13,19H,4,8,18H2,1-3H3. The molecule has 0 radical (unpaired) electrons. The maximum Gasteiger partial charge on any atom is 0.128 e. The molecule has 1 atom stereocenters. The van der Waals surface area contributed by atoms with Crippen LogP contribution in [0.15, 0.2) is 22.7 Å². The van der Waals surface area contributed by atoms with Crippen LogP contribution in [0.25, 0.3) is 0 Å². The molecule has 4 nitrogen and oxygen atoms in total. The number of halogens is 2. The Kier molecular flexibility index (Phi) is 5.13. The molecular weight excluding hydrogens is 335 g/mol. The molecule has 0 spiro atoms. The number of nitrogens with one attached hydrogen (secondary N) is 1. The van der Waals surface area contributed by atoms with Crippen LogP contribution in [0.5, 0.6) is 0 Å². The molecule has 0 bridgehead atoms. The zero-order chi connectivity index (χ0) is 15.6. The minimum absolute atomic E-state index is 0.242. The van der Waals surface area contributed by atoms with E-state index in [1.165, 1.54) is 6.07 Å². The van der Waals surface area contributed by atoms with Crippen LogP contribution in [0.2, 0.25) is 0 Å². The Morgan fingerprint density at radius 3 is 2.71 bits per heavy atom. The van der Waals surface area contributed by atoms with Crippen molar-refractivity contribution in [3.05, 3.63) is 51.0 Å². The molecule has 1 heterocycles. The monoisotopic (exact) mass is 354 g/mol. The number of nitrogens with two attached hydrogens (primary N) is 1. The van der Waals surface area contributed by atoms with Crippen LogP contribution >= 0.6 is 15.9 Å². The number of nitrogens with zero attached hydrogens (tertiary/aromatic N) is 2. The van der Waals surface area contributed by atoms with E-state index in [1.807, 2.05) is 31.5 Å². The first-order valence-electron chi connectivity index (χ1n) is 6.91. The zero-order valence-corrected chi connectivity index (χ0v) is 14.0. The van der Waals surface area contributed by atoms with Crippen LogP contribution in [-0.4, -0.2) is 9.78 Å². The molecule has 2 rings (SSSR count). The van der Waals surface area contributed by atoms with Gasteiger partial charge in [-0.3, -0.25) is 16.0 Å². The quantitative estimate of drug-likeness (QED) is 0.640. The van der Waals surface area contributed by atoms with E-state index in [4.69, 9.17) is 5.84 Å². The molecule has 6 heteroatoms. The highest BCUT2D eigenvalue weighted by molar-refractivity contribution is 9.10. The molecule has 0 amide bonds.